The molecule has 20 heavy (non-hydrogen) atoms. The van der Waals surface area contributed by atoms with Crippen molar-refractivity contribution in [2.75, 3.05) is 5.32 Å². The highest BCUT2D eigenvalue weighted by molar-refractivity contribution is 6.10. The van der Waals surface area contributed by atoms with Crippen molar-refractivity contribution in [3.8, 4) is 0 Å². The van der Waals surface area contributed by atoms with E-state index >= 15 is 0 Å². The lowest BCUT2D eigenvalue weighted by Gasteiger charge is -2.14. The van der Waals surface area contributed by atoms with Crippen LogP contribution in [0.3, 0.4) is 0 Å². The summed E-state index contributed by atoms with van der Waals surface area (Å²) in [4.78, 5) is 35.9. The van der Waals surface area contributed by atoms with Crippen molar-refractivity contribution in [3.63, 3.8) is 0 Å². The lowest BCUT2D eigenvalue weighted by molar-refractivity contribution is -0.125. The van der Waals surface area contributed by atoms with Crippen LogP contribution in [0.15, 0.2) is 24.3 Å². The van der Waals surface area contributed by atoms with Gasteiger partial charge in [-0.15, -0.1) is 0 Å². The highest BCUT2D eigenvalue weighted by atomic mass is 16.2. The summed E-state index contributed by atoms with van der Waals surface area (Å²) in [5.74, 6) is -0.920. The predicted molar refractivity (Wildman–Crippen MR) is 72.1 cm³/mol. The molecule has 0 spiro atoms. The van der Waals surface area contributed by atoms with Gasteiger partial charge >= 0.3 is 0 Å². The Kier molecular flexibility index (Phi) is 3.14. The summed E-state index contributed by atoms with van der Waals surface area (Å²) in [6.45, 7) is 0. The average Bonchev–Trinajstić information content (AvgIpc) is 3.22. The highest BCUT2D eigenvalue weighted by Gasteiger charge is 2.31. The van der Waals surface area contributed by atoms with Crippen molar-refractivity contribution in [1.82, 2.24) is 10.6 Å². The Morgan fingerprint density at radius 2 is 2.00 bits per heavy atom. The second-order valence-corrected chi connectivity index (χ2v) is 5.11. The molecule has 0 bridgehead atoms. The van der Waals surface area contributed by atoms with Gasteiger partial charge in [-0.05, 0) is 25.0 Å². The Morgan fingerprint density at radius 1 is 1.25 bits per heavy atom. The summed E-state index contributed by atoms with van der Waals surface area (Å²) >= 11 is 0. The third-order valence-corrected chi connectivity index (χ3v) is 3.38. The maximum Gasteiger partial charge on any atom is 0.254 e. The summed E-state index contributed by atoms with van der Waals surface area (Å²) in [6.07, 6.45) is 1.93. The molecule has 3 rings (SSSR count). The molecule has 1 aliphatic carbocycles. The van der Waals surface area contributed by atoms with Gasteiger partial charge in [-0.3, -0.25) is 14.4 Å². The minimum atomic E-state index is -0.839. The molecule has 0 saturated heterocycles. The zero-order valence-corrected chi connectivity index (χ0v) is 10.8. The molecule has 1 saturated carbocycles. The Labute approximate surface area is 115 Å². The van der Waals surface area contributed by atoms with Crippen LogP contribution >= 0.6 is 0 Å². The SMILES string of the molecule is O=C(CC1NC(=O)c2ccccc2NC1=O)NC1CC1. The van der Waals surface area contributed by atoms with E-state index in [0.29, 0.717) is 11.3 Å². The van der Waals surface area contributed by atoms with Crippen molar-refractivity contribution in [2.24, 2.45) is 0 Å². The van der Waals surface area contributed by atoms with E-state index < -0.39 is 6.04 Å². The minimum absolute atomic E-state index is 0.0396. The molecule has 1 aromatic carbocycles. The van der Waals surface area contributed by atoms with E-state index in [0.717, 1.165) is 12.8 Å². The molecular formula is C14H15N3O3. The summed E-state index contributed by atoms with van der Waals surface area (Å²) in [5, 5.41) is 8.08. The number of amides is 3. The number of fused-ring (bicyclic) bond motifs is 1. The molecule has 6 heteroatoms. The van der Waals surface area contributed by atoms with Gasteiger partial charge in [-0.1, -0.05) is 12.1 Å². The lowest BCUT2D eigenvalue weighted by Crippen LogP contribution is -2.44. The van der Waals surface area contributed by atoms with E-state index in [9.17, 15) is 14.4 Å². The van der Waals surface area contributed by atoms with E-state index in [1.165, 1.54) is 0 Å². The molecule has 1 fully saturated rings. The number of anilines is 1. The zero-order chi connectivity index (χ0) is 14.1. The Bertz CT molecular complexity index is 581. The normalized spacial score (nSPS) is 21.3. The van der Waals surface area contributed by atoms with E-state index in [-0.39, 0.29) is 30.2 Å². The smallest absolute Gasteiger partial charge is 0.254 e. The summed E-state index contributed by atoms with van der Waals surface area (Å²) in [5.41, 5.74) is 0.881. The fourth-order valence-electron chi connectivity index (χ4n) is 2.15. The van der Waals surface area contributed by atoms with Crippen LogP contribution in [0.5, 0.6) is 0 Å². The molecule has 0 aromatic heterocycles. The topological polar surface area (TPSA) is 87.3 Å². The van der Waals surface area contributed by atoms with Gasteiger partial charge in [0.05, 0.1) is 17.7 Å². The van der Waals surface area contributed by atoms with E-state index in [1.54, 1.807) is 24.3 Å². The standard InChI is InChI=1S/C14H15N3O3/c18-12(15-8-5-6-8)7-11-14(20)16-10-4-2-1-3-9(10)13(19)17-11/h1-4,8,11H,5-7H2,(H,15,18)(H,16,20)(H,17,19). The van der Waals surface area contributed by atoms with Crippen molar-refractivity contribution in [2.45, 2.75) is 31.3 Å². The first-order valence-corrected chi connectivity index (χ1v) is 6.63. The summed E-state index contributed by atoms with van der Waals surface area (Å²) in [7, 11) is 0. The predicted octanol–water partition coefficient (Wildman–Crippen LogP) is 0.406. The molecular weight excluding hydrogens is 258 g/mol. The fraction of sp³-hybridized carbons (Fsp3) is 0.357. The molecule has 1 aromatic rings. The quantitative estimate of drug-likeness (QED) is 0.745. The van der Waals surface area contributed by atoms with Gasteiger partial charge < -0.3 is 16.0 Å². The number of rotatable bonds is 3. The van der Waals surface area contributed by atoms with Crippen molar-refractivity contribution in [1.29, 1.82) is 0 Å². The molecule has 104 valence electrons. The maximum absolute atomic E-state index is 12.1. The van der Waals surface area contributed by atoms with Crippen LogP contribution < -0.4 is 16.0 Å². The van der Waals surface area contributed by atoms with Crippen LogP contribution in [0, 0.1) is 0 Å². The van der Waals surface area contributed by atoms with E-state index in [2.05, 4.69) is 16.0 Å². The first-order valence-electron chi connectivity index (χ1n) is 6.63. The maximum atomic E-state index is 12.1. The molecule has 1 heterocycles. The van der Waals surface area contributed by atoms with Gasteiger partial charge in [-0.2, -0.15) is 0 Å². The number of benzene rings is 1. The van der Waals surface area contributed by atoms with Gasteiger partial charge in [0.25, 0.3) is 5.91 Å². The molecule has 1 atom stereocenters. The monoisotopic (exact) mass is 273 g/mol. The summed E-state index contributed by atoms with van der Waals surface area (Å²) < 4.78 is 0. The minimum Gasteiger partial charge on any atom is -0.353 e. The van der Waals surface area contributed by atoms with E-state index in [4.69, 9.17) is 0 Å². The molecule has 1 unspecified atom stereocenters. The van der Waals surface area contributed by atoms with Crippen LogP contribution in [-0.4, -0.2) is 29.8 Å². The number of nitrogens with one attached hydrogen (secondary N) is 3. The molecule has 3 N–H and O–H groups in total. The number of carbonyl (C=O) groups excluding carboxylic acids is 3. The second kappa shape index (κ2) is 4.96. The number of hydrogen-bond donors (Lipinski definition) is 3. The number of para-hydroxylation sites is 1. The number of hydrogen-bond acceptors (Lipinski definition) is 3. The van der Waals surface area contributed by atoms with Gasteiger partial charge in [0.1, 0.15) is 6.04 Å². The first kappa shape index (κ1) is 12.7. The zero-order valence-electron chi connectivity index (χ0n) is 10.8. The first-order chi connectivity index (χ1) is 9.63. The van der Waals surface area contributed by atoms with Crippen LogP contribution in [0.25, 0.3) is 0 Å². The van der Waals surface area contributed by atoms with Crippen LogP contribution in [0.4, 0.5) is 5.69 Å². The third kappa shape index (κ3) is 2.64. The van der Waals surface area contributed by atoms with Crippen molar-refractivity contribution in [3.05, 3.63) is 29.8 Å². The Hall–Kier alpha value is -2.37. The second-order valence-electron chi connectivity index (χ2n) is 5.11. The van der Waals surface area contributed by atoms with Gasteiger partial charge in [0, 0.05) is 6.04 Å². The fourth-order valence-corrected chi connectivity index (χ4v) is 2.15. The van der Waals surface area contributed by atoms with Crippen molar-refractivity contribution < 1.29 is 14.4 Å². The summed E-state index contributed by atoms with van der Waals surface area (Å²) in [6, 6.07) is 6.17. The van der Waals surface area contributed by atoms with Gasteiger partial charge in [0.2, 0.25) is 11.8 Å². The largest absolute Gasteiger partial charge is 0.353 e. The molecule has 1 aliphatic heterocycles. The number of carbonyl (C=O) groups is 3. The van der Waals surface area contributed by atoms with E-state index in [1.807, 2.05) is 0 Å². The average molecular weight is 273 g/mol. The Balaban J connectivity index is 1.73. The third-order valence-electron chi connectivity index (χ3n) is 3.38. The molecule has 2 aliphatic rings. The highest BCUT2D eigenvalue weighted by Crippen LogP contribution is 2.20. The molecule has 6 nitrogen and oxygen atoms in total. The van der Waals surface area contributed by atoms with Gasteiger partial charge in [-0.25, -0.2) is 0 Å². The Morgan fingerprint density at radius 3 is 2.75 bits per heavy atom. The van der Waals surface area contributed by atoms with Crippen LogP contribution in [0.1, 0.15) is 29.6 Å². The lowest BCUT2D eigenvalue weighted by atomic mass is 10.1. The molecule has 3 amide bonds. The van der Waals surface area contributed by atoms with Crippen LogP contribution in [-0.2, 0) is 9.59 Å². The van der Waals surface area contributed by atoms with Gasteiger partial charge in [0.15, 0.2) is 0 Å². The van der Waals surface area contributed by atoms with Crippen LogP contribution in [0.2, 0.25) is 0 Å². The molecule has 0 radical (unpaired) electrons. The van der Waals surface area contributed by atoms with Crippen molar-refractivity contribution >= 4 is 23.4 Å².